The Balaban J connectivity index is 1.71. The molecule has 1 heterocycles. The van der Waals surface area contributed by atoms with Gasteiger partial charge in [-0.05, 0) is 36.6 Å². The molecular weight excluding hydrogens is 288 g/mol. The summed E-state index contributed by atoms with van der Waals surface area (Å²) < 4.78 is 1.89. The normalized spacial score (nSPS) is 10.7. The summed E-state index contributed by atoms with van der Waals surface area (Å²) in [5.74, 6) is 0.121. The average molecular weight is 314 g/mol. The topological polar surface area (TPSA) is 72.9 Å². The van der Waals surface area contributed by atoms with Crippen LogP contribution in [0.4, 0.5) is 0 Å². The van der Waals surface area contributed by atoms with Crippen molar-refractivity contribution in [2.75, 3.05) is 6.54 Å². The second-order valence-corrected chi connectivity index (χ2v) is 5.75. The Morgan fingerprint density at radius 1 is 1.13 bits per heavy atom. The Labute approximate surface area is 137 Å². The van der Waals surface area contributed by atoms with E-state index in [0.29, 0.717) is 13.0 Å². The molecule has 1 aromatic carbocycles. The van der Waals surface area contributed by atoms with Crippen LogP contribution in [0.15, 0.2) is 42.7 Å². The molecule has 0 aliphatic rings. The van der Waals surface area contributed by atoms with Crippen molar-refractivity contribution in [3.8, 4) is 0 Å². The van der Waals surface area contributed by atoms with E-state index >= 15 is 0 Å². The maximum atomic E-state index is 11.8. The zero-order valence-corrected chi connectivity index (χ0v) is 13.6. The third kappa shape index (κ3) is 6.65. The molecule has 5 nitrogen and oxygen atoms in total. The Bertz CT molecular complexity index is 580. The van der Waals surface area contributed by atoms with Gasteiger partial charge in [-0.15, -0.1) is 0 Å². The highest BCUT2D eigenvalue weighted by atomic mass is 16.1. The van der Waals surface area contributed by atoms with Crippen molar-refractivity contribution in [3.05, 3.63) is 53.9 Å². The predicted molar refractivity (Wildman–Crippen MR) is 91.8 cm³/mol. The van der Waals surface area contributed by atoms with Crippen LogP contribution in [0.2, 0.25) is 0 Å². The molecule has 0 bridgehead atoms. The molecule has 0 aliphatic heterocycles. The zero-order valence-electron chi connectivity index (χ0n) is 13.6. The van der Waals surface area contributed by atoms with Crippen molar-refractivity contribution >= 4 is 5.91 Å². The Morgan fingerprint density at radius 3 is 2.74 bits per heavy atom. The van der Waals surface area contributed by atoms with E-state index in [-0.39, 0.29) is 5.91 Å². The monoisotopic (exact) mass is 314 g/mol. The molecule has 0 atom stereocenters. The first-order valence-corrected chi connectivity index (χ1v) is 8.30. The summed E-state index contributed by atoms with van der Waals surface area (Å²) in [5, 5.41) is 7.20. The highest BCUT2D eigenvalue weighted by Gasteiger charge is 2.02. The lowest BCUT2D eigenvalue weighted by Gasteiger charge is -2.08. The Morgan fingerprint density at radius 2 is 1.96 bits per heavy atom. The average Bonchev–Trinajstić information content (AvgIpc) is 3.06. The summed E-state index contributed by atoms with van der Waals surface area (Å²) >= 11 is 0. The number of nitrogens with two attached hydrogens (primary N) is 1. The third-order valence-electron chi connectivity index (χ3n) is 3.74. The van der Waals surface area contributed by atoms with Gasteiger partial charge in [0.15, 0.2) is 0 Å². The van der Waals surface area contributed by atoms with E-state index in [4.69, 9.17) is 5.73 Å². The summed E-state index contributed by atoms with van der Waals surface area (Å²) in [6.45, 7) is 2.06. The number of aromatic nitrogens is 2. The summed E-state index contributed by atoms with van der Waals surface area (Å²) in [6.07, 6.45) is 8.48. The van der Waals surface area contributed by atoms with Crippen molar-refractivity contribution < 1.29 is 4.79 Å². The number of carbonyl (C=O) groups is 1. The van der Waals surface area contributed by atoms with Crippen LogP contribution in [0.5, 0.6) is 0 Å². The SMILES string of the molecule is NCCCCCCC(=O)NCc1cccc(Cn2cccn2)c1. The molecule has 1 amide bonds. The second-order valence-electron chi connectivity index (χ2n) is 5.75. The van der Waals surface area contributed by atoms with E-state index in [1.807, 2.05) is 29.1 Å². The lowest BCUT2D eigenvalue weighted by molar-refractivity contribution is -0.121. The van der Waals surface area contributed by atoms with Gasteiger partial charge in [0, 0.05) is 25.4 Å². The van der Waals surface area contributed by atoms with E-state index in [1.165, 1.54) is 5.56 Å². The number of nitrogens with one attached hydrogen (secondary N) is 1. The molecule has 5 heteroatoms. The quantitative estimate of drug-likeness (QED) is 0.662. The summed E-state index contributed by atoms with van der Waals surface area (Å²) in [4.78, 5) is 11.8. The van der Waals surface area contributed by atoms with Gasteiger partial charge in [0.05, 0.1) is 6.54 Å². The second kappa shape index (κ2) is 9.79. The van der Waals surface area contributed by atoms with Crippen molar-refractivity contribution in [1.29, 1.82) is 0 Å². The Hall–Kier alpha value is -2.14. The van der Waals surface area contributed by atoms with E-state index in [1.54, 1.807) is 6.20 Å². The molecule has 0 unspecified atom stereocenters. The third-order valence-corrected chi connectivity index (χ3v) is 3.74. The van der Waals surface area contributed by atoms with Crippen LogP contribution in [0.25, 0.3) is 0 Å². The lowest BCUT2D eigenvalue weighted by Crippen LogP contribution is -2.22. The maximum absolute atomic E-state index is 11.8. The van der Waals surface area contributed by atoms with Crippen LogP contribution in [0.3, 0.4) is 0 Å². The molecule has 2 aromatic rings. The minimum atomic E-state index is 0.121. The molecule has 1 aromatic heterocycles. The van der Waals surface area contributed by atoms with Crippen LogP contribution < -0.4 is 11.1 Å². The fourth-order valence-electron chi connectivity index (χ4n) is 2.49. The maximum Gasteiger partial charge on any atom is 0.220 e. The first-order chi connectivity index (χ1) is 11.3. The predicted octanol–water partition coefficient (Wildman–Crippen LogP) is 2.46. The molecule has 124 valence electrons. The first kappa shape index (κ1) is 17.2. The fraction of sp³-hybridized carbons (Fsp3) is 0.444. The number of carbonyl (C=O) groups excluding carboxylic acids is 1. The molecule has 0 saturated heterocycles. The molecule has 23 heavy (non-hydrogen) atoms. The lowest BCUT2D eigenvalue weighted by atomic mass is 10.1. The Kier molecular flexibility index (Phi) is 7.33. The van der Waals surface area contributed by atoms with Gasteiger partial charge in [-0.3, -0.25) is 9.48 Å². The van der Waals surface area contributed by atoms with Crippen molar-refractivity contribution in [1.82, 2.24) is 15.1 Å². The smallest absolute Gasteiger partial charge is 0.220 e. The van der Waals surface area contributed by atoms with Crippen LogP contribution in [-0.2, 0) is 17.9 Å². The largest absolute Gasteiger partial charge is 0.352 e. The molecule has 2 rings (SSSR count). The molecule has 3 N–H and O–H groups in total. The van der Waals surface area contributed by atoms with Gasteiger partial charge in [0.1, 0.15) is 0 Å². The molecule has 0 saturated carbocycles. The van der Waals surface area contributed by atoms with Gasteiger partial charge in [-0.2, -0.15) is 5.10 Å². The molecule has 0 aliphatic carbocycles. The van der Waals surface area contributed by atoms with Gasteiger partial charge in [0.2, 0.25) is 5.91 Å². The van der Waals surface area contributed by atoms with Gasteiger partial charge >= 0.3 is 0 Å². The van der Waals surface area contributed by atoms with E-state index < -0.39 is 0 Å². The molecule has 0 spiro atoms. The van der Waals surface area contributed by atoms with Crippen molar-refractivity contribution in [2.45, 2.75) is 45.2 Å². The van der Waals surface area contributed by atoms with Gasteiger partial charge < -0.3 is 11.1 Å². The number of unbranched alkanes of at least 4 members (excludes halogenated alkanes) is 3. The van der Waals surface area contributed by atoms with Crippen LogP contribution in [-0.4, -0.2) is 22.2 Å². The van der Waals surface area contributed by atoms with Gasteiger partial charge in [-0.1, -0.05) is 37.1 Å². The van der Waals surface area contributed by atoms with E-state index in [2.05, 4.69) is 22.5 Å². The molecular formula is C18H26N4O. The highest BCUT2D eigenvalue weighted by molar-refractivity contribution is 5.75. The first-order valence-electron chi connectivity index (χ1n) is 8.30. The highest BCUT2D eigenvalue weighted by Crippen LogP contribution is 2.07. The zero-order chi connectivity index (χ0) is 16.3. The standard InChI is InChI=1S/C18H26N4O/c19-10-4-2-1-3-9-18(23)20-14-16-7-5-8-17(13-16)15-22-12-6-11-21-22/h5-8,11-13H,1-4,9-10,14-15,19H2,(H,20,23). The number of benzene rings is 1. The minimum absolute atomic E-state index is 0.121. The van der Waals surface area contributed by atoms with Crippen LogP contribution in [0.1, 0.15) is 43.2 Å². The van der Waals surface area contributed by atoms with Gasteiger partial charge in [-0.25, -0.2) is 0 Å². The number of nitrogens with zero attached hydrogens (tertiary/aromatic N) is 2. The summed E-state index contributed by atoms with van der Waals surface area (Å²) in [5.41, 5.74) is 7.75. The van der Waals surface area contributed by atoms with Crippen LogP contribution >= 0.6 is 0 Å². The number of amides is 1. The number of hydrogen-bond acceptors (Lipinski definition) is 3. The van der Waals surface area contributed by atoms with E-state index in [9.17, 15) is 4.79 Å². The van der Waals surface area contributed by atoms with Crippen molar-refractivity contribution in [3.63, 3.8) is 0 Å². The van der Waals surface area contributed by atoms with Crippen molar-refractivity contribution in [2.24, 2.45) is 5.73 Å². The van der Waals surface area contributed by atoms with E-state index in [0.717, 1.165) is 44.3 Å². The minimum Gasteiger partial charge on any atom is -0.352 e. The number of hydrogen-bond donors (Lipinski definition) is 2. The van der Waals surface area contributed by atoms with Crippen LogP contribution in [0, 0.1) is 0 Å². The summed E-state index contributed by atoms with van der Waals surface area (Å²) in [6, 6.07) is 10.2. The van der Waals surface area contributed by atoms with Gasteiger partial charge in [0.25, 0.3) is 0 Å². The molecule has 0 radical (unpaired) electrons. The fourth-order valence-corrected chi connectivity index (χ4v) is 2.49. The summed E-state index contributed by atoms with van der Waals surface area (Å²) in [7, 11) is 0. The molecule has 0 fully saturated rings. The number of rotatable bonds is 10.